The molecule has 1 aliphatic heterocycles. The molecule has 1 fully saturated rings. The molecule has 0 aliphatic carbocycles. The van der Waals surface area contributed by atoms with Gasteiger partial charge in [0.1, 0.15) is 11.4 Å². The van der Waals surface area contributed by atoms with E-state index in [0.29, 0.717) is 16.1 Å². The molecule has 6 nitrogen and oxygen atoms in total. The topological polar surface area (TPSA) is 71.4 Å². The lowest BCUT2D eigenvalue weighted by atomic mass is 10.0. The van der Waals surface area contributed by atoms with Gasteiger partial charge in [0.15, 0.2) is 0 Å². The molecule has 1 saturated heterocycles. The van der Waals surface area contributed by atoms with E-state index in [4.69, 9.17) is 11.6 Å². The zero-order chi connectivity index (χ0) is 25.6. The molecular formula is C28H21ClFN3O3. The summed E-state index contributed by atoms with van der Waals surface area (Å²) in [4.78, 5) is 39.7. The first-order chi connectivity index (χ1) is 17.3. The maximum absolute atomic E-state index is 14.4. The highest BCUT2D eigenvalue weighted by molar-refractivity contribution is 6.39. The van der Waals surface area contributed by atoms with Crippen molar-refractivity contribution in [2.75, 3.05) is 4.90 Å². The van der Waals surface area contributed by atoms with E-state index in [9.17, 15) is 18.8 Å². The van der Waals surface area contributed by atoms with Gasteiger partial charge < -0.3 is 4.57 Å². The van der Waals surface area contributed by atoms with E-state index in [0.717, 1.165) is 27.1 Å². The normalized spacial score (nSPS) is 15.2. The zero-order valence-corrected chi connectivity index (χ0v) is 20.3. The molecule has 3 aromatic carbocycles. The first-order valence-electron chi connectivity index (χ1n) is 11.2. The Hall–Kier alpha value is -4.23. The van der Waals surface area contributed by atoms with Gasteiger partial charge in [-0.05, 0) is 49.8 Å². The van der Waals surface area contributed by atoms with E-state index in [2.05, 4.69) is 5.32 Å². The summed E-state index contributed by atoms with van der Waals surface area (Å²) in [6.45, 7) is 3.93. The highest BCUT2D eigenvalue weighted by atomic mass is 35.5. The first-order valence-corrected chi connectivity index (χ1v) is 11.6. The minimum absolute atomic E-state index is 0.191. The largest absolute Gasteiger partial charge is 0.340 e. The summed E-state index contributed by atoms with van der Waals surface area (Å²) in [6, 6.07) is 18.0. The number of nitrogens with one attached hydrogen (secondary N) is 1. The van der Waals surface area contributed by atoms with Crippen molar-refractivity contribution in [2.45, 2.75) is 20.4 Å². The SMILES string of the molecule is Cc1ccc(N2C(=O)NC(=O)/C(=C/c3c(C)n(Cc4ccccc4F)c4ccccc34)C2=O)cc1Cl. The number of aromatic nitrogens is 1. The van der Waals surface area contributed by atoms with Gasteiger partial charge in [0, 0.05) is 32.7 Å². The summed E-state index contributed by atoms with van der Waals surface area (Å²) < 4.78 is 16.4. The fraction of sp³-hybridized carbons (Fsp3) is 0.107. The summed E-state index contributed by atoms with van der Waals surface area (Å²) >= 11 is 6.21. The number of barbiturate groups is 1. The second-order valence-electron chi connectivity index (χ2n) is 8.59. The van der Waals surface area contributed by atoms with Crippen LogP contribution in [0, 0.1) is 19.7 Å². The van der Waals surface area contributed by atoms with Crippen LogP contribution in [0.1, 0.15) is 22.4 Å². The molecule has 2 heterocycles. The van der Waals surface area contributed by atoms with Crippen LogP contribution in [0.2, 0.25) is 5.02 Å². The van der Waals surface area contributed by atoms with Crippen molar-refractivity contribution >= 4 is 52.1 Å². The van der Waals surface area contributed by atoms with Gasteiger partial charge in [-0.2, -0.15) is 0 Å². The Morgan fingerprint density at radius 1 is 0.972 bits per heavy atom. The van der Waals surface area contributed by atoms with Crippen molar-refractivity contribution in [3.05, 3.63) is 106 Å². The molecule has 0 unspecified atom stereocenters. The molecule has 1 aromatic heterocycles. The minimum atomic E-state index is -0.847. The lowest BCUT2D eigenvalue weighted by Crippen LogP contribution is -2.54. The van der Waals surface area contributed by atoms with E-state index in [-0.39, 0.29) is 23.6 Å². The van der Waals surface area contributed by atoms with Crippen LogP contribution in [0.15, 0.2) is 72.3 Å². The third-order valence-electron chi connectivity index (χ3n) is 6.37. The Balaban J connectivity index is 1.62. The number of urea groups is 1. The number of halogens is 2. The van der Waals surface area contributed by atoms with Crippen LogP contribution in [0.25, 0.3) is 17.0 Å². The summed E-state index contributed by atoms with van der Waals surface area (Å²) in [7, 11) is 0. The number of carbonyl (C=O) groups excluding carboxylic acids is 3. The molecule has 4 aromatic rings. The van der Waals surface area contributed by atoms with Crippen molar-refractivity contribution in [2.24, 2.45) is 0 Å². The number of aryl methyl sites for hydroxylation is 1. The van der Waals surface area contributed by atoms with Crippen LogP contribution in [-0.4, -0.2) is 22.4 Å². The van der Waals surface area contributed by atoms with Crippen molar-refractivity contribution < 1.29 is 18.8 Å². The van der Waals surface area contributed by atoms with Gasteiger partial charge in [0.25, 0.3) is 11.8 Å². The number of nitrogens with zero attached hydrogens (tertiary/aromatic N) is 2. The fourth-order valence-corrected chi connectivity index (χ4v) is 4.57. The van der Waals surface area contributed by atoms with Crippen LogP contribution >= 0.6 is 11.6 Å². The van der Waals surface area contributed by atoms with Gasteiger partial charge >= 0.3 is 6.03 Å². The van der Waals surface area contributed by atoms with Crippen molar-refractivity contribution in [1.29, 1.82) is 0 Å². The number of hydrogen-bond acceptors (Lipinski definition) is 3. The van der Waals surface area contributed by atoms with Gasteiger partial charge in [-0.25, -0.2) is 14.1 Å². The third kappa shape index (κ3) is 3.97. The lowest BCUT2D eigenvalue weighted by Gasteiger charge is -2.26. The average molecular weight is 502 g/mol. The van der Waals surface area contributed by atoms with Crippen LogP contribution < -0.4 is 10.2 Å². The van der Waals surface area contributed by atoms with Gasteiger partial charge in [0.05, 0.1) is 12.2 Å². The Morgan fingerprint density at radius 2 is 1.69 bits per heavy atom. The second kappa shape index (κ2) is 9.09. The fourth-order valence-electron chi connectivity index (χ4n) is 4.40. The number of rotatable bonds is 4. The zero-order valence-electron chi connectivity index (χ0n) is 19.5. The molecule has 0 atom stereocenters. The monoisotopic (exact) mass is 501 g/mol. The van der Waals surface area contributed by atoms with Crippen molar-refractivity contribution in [3.8, 4) is 0 Å². The molecule has 8 heteroatoms. The average Bonchev–Trinajstić information content (AvgIpc) is 3.11. The smallest absolute Gasteiger partial charge is 0.335 e. The van der Waals surface area contributed by atoms with Gasteiger partial charge in [-0.15, -0.1) is 0 Å². The van der Waals surface area contributed by atoms with Gasteiger partial charge in [0.2, 0.25) is 0 Å². The predicted molar refractivity (Wildman–Crippen MR) is 137 cm³/mol. The first kappa shape index (κ1) is 23.5. The highest BCUT2D eigenvalue weighted by Gasteiger charge is 2.37. The van der Waals surface area contributed by atoms with E-state index in [1.807, 2.05) is 35.8 Å². The molecular weight excluding hydrogens is 481 g/mol. The van der Waals surface area contributed by atoms with Gasteiger partial charge in [-0.3, -0.25) is 14.9 Å². The highest BCUT2D eigenvalue weighted by Crippen LogP contribution is 2.31. The third-order valence-corrected chi connectivity index (χ3v) is 6.78. The number of carbonyl (C=O) groups is 3. The Labute approximate surface area is 211 Å². The number of fused-ring (bicyclic) bond motifs is 1. The molecule has 4 amide bonds. The summed E-state index contributed by atoms with van der Waals surface area (Å²) in [5.41, 5.74) is 3.57. The molecule has 36 heavy (non-hydrogen) atoms. The van der Waals surface area contributed by atoms with Crippen molar-refractivity contribution in [1.82, 2.24) is 9.88 Å². The quantitative estimate of drug-likeness (QED) is 0.285. The maximum atomic E-state index is 14.4. The number of benzene rings is 3. The van der Waals surface area contributed by atoms with E-state index < -0.39 is 17.8 Å². The molecule has 180 valence electrons. The lowest BCUT2D eigenvalue weighted by molar-refractivity contribution is -0.122. The summed E-state index contributed by atoms with van der Waals surface area (Å²) in [6.07, 6.45) is 1.49. The molecule has 5 rings (SSSR count). The molecule has 0 saturated carbocycles. The molecule has 0 radical (unpaired) electrons. The Morgan fingerprint density at radius 3 is 2.44 bits per heavy atom. The van der Waals surface area contributed by atoms with Crippen LogP contribution in [-0.2, 0) is 16.1 Å². The molecule has 1 N–H and O–H groups in total. The Kier molecular flexibility index (Phi) is 5.94. The van der Waals surface area contributed by atoms with E-state index in [1.54, 1.807) is 37.3 Å². The number of imide groups is 2. The second-order valence-corrected chi connectivity index (χ2v) is 8.99. The van der Waals surface area contributed by atoms with Crippen LogP contribution in [0.3, 0.4) is 0 Å². The van der Waals surface area contributed by atoms with Gasteiger partial charge in [-0.1, -0.05) is 54.1 Å². The number of para-hydroxylation sites is 1. The van der Waals surface area contributed by atoms with E-state index >= 15 is 0 Å². The maximum Gasteiger partial charge on any atom is 0.335 e. The van der Waals surface area contributed by atoms with Crippen LogP contribution in [0.5, 0.6) is 0 Å². The summed E-state index contributed by atoms with van der Waals surface area (Å²) in [5.74, 6) is -1.86. The number of hydrogen-bond donors (Lipinski definition) is 1. The number of anilines is 1. The molecule has 0 spiro atoms. The van der Waals surface area contributed by atoms with Crippen molar-refractivity contribution in [3.63, 3.8) is 0 Å². The van der Waals surface area contributed by atoms with Crippen LogP contribution in [0.4, 0.5) is 14.9 Å². The minimum Gasteiger partial charge on any atom is -0.340 e. The standard InChI is InChI=1S/C28H21ClFN3O3/c1-16-11-12-19(13-23(16)29)33-27(35)22(26(34)31-28(33)36)14-21-17(2)32(25-10-6-4-8-20(21)25)15-18-7-3-5-9-24(18)30/h3-14H,15H2,1-2H3,(H,31,34,36)/b22-14-. The number of amides is 4. The molecule has 1 aliphatic rings. The predicted octanol–water partition coefficient (Wildman–Crippen LogP) is 5.77. The summed E-state index contributed by atoms with van der Waals surface area (Å²) in [5, 5.41) is 3.43. The Bertz CT molecular complexity index is 1610. The molecule has 0 bridgehead atoms. The van der Waals surface area contributed by atoms with E-state index in [1.165, 1.54) is 18.2 Å².